The molecule has 1 saturated heterocycles. The maximum atomic E-state index is 12.8. The van der Waals surface area contributed by atoms with Gasteiger partial charge in [-0.2, -0.15) is 0 Å². The van der Waals surface area contributed by atoms with Gasteiger partial charge in [0.1, 0.15) is 5.60 Å². The number of pyridine rings is 1. The van der Waals surface area contributed by atoms with Crippen LogP contribution >= 0.6 is 0 Å². The van der Waals surface area contributed by atoms with Crippen LogP contribution in [0.4, 0.5) is 0 Å². The molecule has 1 aliphatic heterocycles. The summed E-state index contributed by atoms with van der Waals surface area (Å²) in [5.74, 6) is -0.0881. The number of ether oxygens (including phenoxy) is 1. The number of aliphatic hydroxyl groups excluding tert-OH is 2. The Bertz CT molecular complexity index is 1190. The molecule has 4 rings (SSSR count). The number of carbonyl (C=O) groups is 2. The quantitative estimate of drug-likeness (QED) is 0.304. The summed E-state index contributed by atoms with van der Waals surface area (Å²) < 4.78 is 5.23. The highest BCUT2D eigenvalue weighted by Crippen LogP contribution is 2.39. The van der Waals surface area contributed by atoms with Crippen LogP contribution in [0.5, 0.6) is 0 Å². The van der Waals surface area contributed by atoms with Crippen molar-refractivity contribution >= 4 is 11.9 Å². The van der Waals surface area contributed by atoms with Crippen molar-refractivity contribution < 1.29 is 24.5 Å². The Morgan fingerprint density at radius 2 is 1.74 bits per heavy atom. The van der Waals surface area contributed by atoms with Gasteiger partial charge < -0.3 is 25.3 Å². The third-order valence-corrected chi connectivity index (χ3v) is 7.48. The summed E-state index contributed by atoms with van der Waals surface area (Å²) in [6, 6.07) is 12.2. The number of aromatic amines is 1. The number of amides is 1. The van der Waals surface area contributed by atoms with Gasteiger partial charge in [0.15, 0.2) is 0 Å². The SMILES string of the molecule is CC(C)(C)OC(=O)C[C@H](O)C[C@H](O)CCc1ccc(C(C[C@H]2CCC(=O)N2)c2ccc(C3CC3)c(=O)[nH]2)cc1. The van der Waals surface area contributed by atoms with Crippen molar-refractivity contribution in [2.24, 2.45) is 0 Å². The summed E-state index contributed by atoms with van der Waals surface area (Å²) in [5.41, 5.74) is 3.19. The standard InChI is InChI=1S/C31H42N2O6/c1-31(2,3)39-29(37)18-24(35)17-23(34)12-6-19-4-7-21(8-5-19)26(16-22-11-15-28(36)32-22)27-14-13-25(20-9-10-20)30(38)33-27/h4-5,7-8,13-14,20,22-24,26,34-35H,6,9-12,15-18H2,1-3H3,(H,32,36)(H,33,38)/t22-,23-,24-,26?/m1/s1. The highest BCUT2D eigenvalue weighted by Gasteiger charge is 2.29. The molecule has 1 aliphatic carbocycles. The van der Waals surface area contributed by atoms with Gasteiger partial charge >= 0.3 is 5.97 Å². The molecule has 4 N–H and O–H groups in total. The van der Waals surface area contributed by atoms with Crippen LogP contribution in [0.3, 0.4) is 0 Å². The average Bonchev–Trinajstić information content (AvgIpc) is 3.61. The summed E-state index contributed by atoms with van der Waals surface area (Å²) in [4.78, 5) is 39.6. The summed E-state index contributed by atoms with van der Waals surface area (Å²) in [5, 5.41) is 23.6. The molecule has 1 amide bonds. The van der Waals surface area contributed by atoms with E-state index >= 15 is 0 Å². The van der Waals surface area contributed by atoms with E-state index in [1.807, 2.05) is 36.4 Å². The molecule has 2 heterocycles. The molecule has 4 atom stereocenters. The largest absolute Gasteiger partial charge is 0.460 e. The predicted octanol–water partition coefficient (Wildman–Crippen LogP) is 3.83. The molecule has 1 aromatic carbocycles. The van der Waals surface area contributed by atoms with Gasteiger partial charge in [0.05, 0.1) is 18.6 Å². The predicted molar refractivity (Wildman–Crippen MR) is 149 cm³/mol. The normalized spacial score (nSPS) is 19.8. The third kappa shape index (κ3) is 8.77. The fraction of sp³-hybridized carbons (Fsp3) is 0.581. The lowest BCUT2D eigenvalue weighted by Crippen LogP contribution is -2.28. The minimum Gasteiger partial charge on any atom is -0.460 e. The lowest BCUT2D eigenvalue weighted by atomic mass is 9.87. The van der Waals surface area contributed by atoms with Gasteiger partial charge in [0.25, 0.3) is 5.56 Å². The van der Waals surface area contributed by atoms with Gasteiger partial charge in [0.2, 0.25) is 5.91 Å². The first-order valence-corrected chi connectivity index (χ1v) is 14.2. The number of hydrogen-bond acceptors (Lipinski definition) is 6. The Labute approximate surface area is 230 Å². The molecule has 8 nitrogen and oxygen atoms in total. The van der Waals surface area contributed by atoms with Crippen molar-refractivity contribution in [2.45, 2.75) is 114 Å². The van der Waals surface area contributed by atoms with E-state index in [0.29, 0.717) is 31.6 Å². The smallest absolute Gasteiger partial charge is 0.308 e. The van der Waals surface area contributed by atoms with E-state index in [9.17, 15) is 24.6 Å². The number of H-pyrrole nitrogens is 1. The molecule has 0 radical (unpaired) electrons. The monoisotopic (exact) mass is 538 g/mol. The van der Waals surface area contributed by atoms with Crippen LogP contribution in [0.25, 0.3) is 0 Å². The maximum Gasteiger partial charge on any atom is 0.308 e. The van der Waals surface area contributed by atoms with E-state index in [1.165, 1.54) is 0 Å². The Morgan fingerprint density at radius 1 is 1.03 bits per heavy atom. The van der Waals surface area contributed by atoms with Crippen molar-refractivity contribution in [2.75, 3.05) is 0 Å². The fourth-order valence-electron chi connectivity index (χ4n) is 5.34. The topological polar surface area (TPSA) is 129 Å². The molecule has 2 aromatic rings. The first-order chi connectivity index (χ1) is 18.5. The van der Waals surface area contributed by atoms with Crippen molar-refractivity contribution in [1.82, 2.24) is 10.3 Å². The first kappa shape index (κ1) is 29.0. The lowest BCUT2D eigenvalue weighted by molar-refractivity contribution is -0.157. The number of benzene rings is 1. The second-order valence-corrected chi connectivity index (χ2v) is 12.2. The van der Waals surface area contributed by atoms with Gasteiger partial charge in [-0.1, -0.05) is 30.3 Å². The van der Waals surface area contributed by atoms with Crippen molar-refractivity contribution in [1.29, 1.82) is 0 Å². The van der Waals surface area contributed by atoms with E-state index in [2.05, 4.69) is 10.3 Å². The first-order valence-electron chi connectivity index (χ1n) is 14.2. The average molecular weight is 539 g/mol. The number of aromatic nitrogens is 1. The number of nitrogens with one attached hydrogen (secondary N) is 2. The van der Waals surface area contributed by atoms with Gasteiger partial charge in [-0.3, -0.25) is 14.4 Å². The van der Waals surface area contributed by atoms with Crippen molar-refractivity contribution in [3.63, 3.8) is 0 Å². The van der Waals surface area contributed by atoms with Gasteiger partial charge in [-0.25, -0.2) is 0 Å². The number of esters is 1. The third-order valence-electron chi connectivity index (χ3n) is 7.48. The molecular formula is C31H42N2O6. The molecule has 39 heavy (non-hydrogen) atoms. The highest BCUT2D eigenvalue weighted by atomic mass is 16.6. The second kappa shape index (κ2) is 12.5. The molecule has 1 unspecified atom stereocenters. The summed E-state index contributed by atoms with van der Waals surface area (Å²) in [7, 11) is 0. The van der Waals surface area contributed by atoms with Crippen LogP contribution in [-0.2, 0) is 20.7 Å². The Kier molecular flexibility index (Phi) is 9.28. The lowest BCUT2D eigenvalue weighted by Gasteiger charge is -2.22. The molecule has 1 aromatic heterocycles. The van der Waals surface area contributed by atoms with Crippen molar-refractivity contribution in [3.05, 3.63) is 69.1 Å². The number of hydrogen-bond donors (Lipinski definition) is 4. The molecule has 1 saturated carbocycles. The number of aryl methyl sites for hydroxylation is 1. The number of carbonyl (C=O) groups excluding carboxylic acids is 2. The minimum atomic E-state index is -0.956. The zero-order chi connectivity index (χ0) is 28.2. The molecule has 0 spiro atoms. The zero-order valence-corrected chi connectivity index (χ0v) is 23.2. The van der Waals surface area contributed by atoms with Crippen molar-refractivity contribution in [3.8, 4) is 0 Å². The van der Waals surface area contributed by atoms with E-state index in [0.717, 1.165) is 41.6 Å². The van der Waals surface area contributed by atoms with Crippen LogP contribution < -0.4 is 10.9 Å². The molecule has 2 aliphatic rings. The van der Waals surface area contributed by atoms with Gasteiger partial charge in [-0.05, 0) is 88.8 Å². The Morgan fingerprint density at radius 3 is 2.33 bits per heavy atom. The van der Waals surface area contributed by atoms with E-state index in [1.54, 1.807) is 20.8 Å². The van der Waals surface area contributed by atoms with E-state index in [-0.39, 0.29) is 36.3 Å². The zero-order valence-electron chi connectivity index (χ0n) is 23.2. The molecule has 0 bridgehead atoms. The summed E-state index contributed by atoms with van der Waals surface area (Å²) in [6.07, 6.45) is 3.51. The van der Waals surface area contributed by atoms with Crippen LogP contribution in [-0.4, -0.2) is 50.9 Å². The van der Waals surface area contributed by atoms with E-state index in [4.69, 9.17) is 4.74 Å². The second-order valence-electron chi connectivity index (χ2n) is 12.2. The Balaban J connectivity index is 1.36. The highest BCUT2D eigenvalue weighted by molar-refractivity contribution is 5.78. The molecule has 212 valence electrons. The van der Waals surface area contributed by atoms with Crippen LogP contribution in [0, 0.1) is 0 Å². The maximum absolute atomic E-state index is 12.8. The van der Waals surface area contributed by atoms with Gasteiger partial charge in [-0.15, -0.1) is 0 Å². The minimum absolute atomic E-state index is 0.0186. The molecular weight excluding hydrogens is 496 g/mol. The molecule has 8 heteroatoms. The Hall–Kier alpha value is -2.97. The van der Waals surface area contributed by atoms with Crippen LogP contribution in [0.1, 0.15) is 106 Å². The van der Waals surface area contributed by atoms with E-state index < -0.39 is 23.8 Å². The summed E-state index contributed by atoms with van der Waals surface area (Å²) in [6.45, 7) is 5.32. The van der Waals surface area contributed by atoms with Crippen LogP contribution in [0.2, 0.25) is 0 Å². The summed E-state index contributed by atoms with van der Waals surface area (Å²) >= 11 is 0. The van der Waals surface area contributed by atoms with Crippen LogP contribution in [0.15, 0.2) is 41.2 Å². The van der Waals surface area contributed by atoms with Gasteiger partial charge in [0, 0.05) is 29.6 Å². The number of aliphatic hydroxyl groups is 2. The number of rotatable bonds is 12. The molecule has 2 fully saturated rings. The fourth-order valence-corrected chi connectivity index (χ4v) is 5.34.